The van der Waals surface area contributed by atoms with E-state index < -0.39 is 10.0 Å². The molecular formula is C18H30N4O3S. The number of aliphatic imine (C=N–C) groups is 1. The molecule has 0 saturated carbocycles. The summed E-state index contributed by atoms with van der Waals surface area (Å²) in [6.07, 6.45) is 1.56. The van der Waals surface area contributed by atoms with E-state index in [1.807, 2.05) is 30.3 Å². The second kappa shape index (κ2) is 10.5. The maximum absolute atomic E-state index is 11.9. The smallest absolute Gasteiger partial charge is 0.213 e. The quantitative estimate of drug-likeness (QED) is 0.401. The molecule has 1 aromatic carbocycles. The van der Waals surface area contributed by atoms with E-state index in [0.717, 1.165) is 24.4 Å². The van der Waals surface area contributed by atoms with Gasteiger partial charge in [0, 0.05) is 32.7 Å². The second-order valence-corrected chi connectivity index (χ2v) is 8.51. The van der Waals surface area contributed by atoms with E-state index in [0.29, 0.717) is 32.8 Å². The first kappa shape index (κ1) is 20.7. The molecule has 0 radical (unpaired) electrons. The highest BCUT2D eigenvalue weighted by molar-refractivity contribution is 7.89. The van der Waals surface area contributed by atoms with Crippen LogP contribution in [0.2, 0.25) is 0 Å². The highest BCUT2D eigenvalue weighted by Gasteiger charge is 2.26. The van der Waals surface area contributed by atoms with Gasteiger partial charge in [-0.25, -0.2) is 12.7 Å². The first-order valence-corrected chi connectivity index (χ1v) is 10.7. The Balaban J connectivity index is 1.64. The van der Waals surface area contributed by atoms with Gasteiger partial charge in [0.2, 0.25) is 10.0 Å². The number of benzene rings is 1. The normalized spacial score (nSPS) is 17.2. The molecule has 0 spiro atoms. The maximum Gasteiger partial charge on any atom is 0.213 e. The molecule has 0 amide bonds. The highest BCUT2D eigenvalue weighted by atomic mass is 32.2. The molecule has 7 nitrogen and oxygen atoms in total. The Morgan fingerprint density at radius 3 is 2.58 bits per heavy atom. The Bertz CT molecular complexity index is 656. The lowest BCUT2D eigenvalue weighted by Crippen LogP contribution is -2.50. The predicted octanol–water partition coefficient (Wildman–Crippen LogP) is 1.18. The van der Waals surface area contributed by atoms with Crippen molar-refractivity contribution >= 4 is 16.0 Å². The first-order valence-electron chi connectivity index (χ1n) is 9.12. The van der Waals surface area contributed by atoms with Crippen molar-refractivity contribution in [1.82, 2.24) is 14.9 Å². The number of ether oxygens (including phenoxy) is 1. The third-order valence-corrected chi connectivity index (χ3v) is 6.31. The van der Waals surface area contributed by atoms with Crippen LogP contribution in [-0.2, 0) is 21.4 Å². The molecule has 0 unspecified atom stereocenters. The molecule has 1 heterocycles. The number of nitrogens with zero attached hydrogens (tertiary/aromatic N) is 2. The summed E-state index contributed by atoms with van der Waals surface area (Å²) in [4.78, 5) is 4.23. The van der Waals surface area contributed by atoms with E-state index in [4.69, 9.17) is 4.74 Å². The summed E-state index contributed by atoms with van der Waals surface area (Å²) in [5.74, 6) is 0.891. The van der Waals surface area contributed by atoms with Crippen molar-refractivity contribution in [3.63, 3.8) is 0 Å². The molecule has 0 atom stereocenters. The minimum absolute atomic E-state index is 0.164. The third kappa shape index (κ3) is 6.59. The fourth-order valence-corrected chi connectivity index (χ4v) is 3.99. The molecule has 1 saturated heterocycles. The van der Waals surface area contributed by atoms with Crippen molar-refractivity contribution in [2.45, 2.75) is 32.4 Å². The number of sulfonamides is 1. The molecule has 0 bridgehead atoms. The van der Waals surface area contributed by atoms with Crippen LogP contribution < -0.4 is 10.6 Å². The van der Waals surface area contributed by atoms with Gasteiger partial charge in [-0.3, -0.25) is 4.99 Å². The predicted molar refractivity (Wildman–Crippen MR) is 105 cm³/mol. The maximum atomic E-state index is 11.9. The van der Waals surface area contributed by atoms with Gasteiger partial charge in [-0.05, 0) is 25.3 Å². The van der Waals surface area contributed by atoms with Gasteiger partial charge in [0.25, 0.3) is 0 Å². The molecular weight excluding hydrogens is 352 g/mol. The van der Waals surface area contributed by atoms with Crippen molar-refractivity contribution in [2.75, 3.05) is 39.0 Å². The number of rotatable bonds is 8. The molecule has 146 valence electrons. The van der Waals surface area contributed by atoms with Gasteiger partial charge in [0.1, 0.15) is 0 Å². The van der Waals surface area contributed by atoms with Gasteiger partial charge in [-0.2, -0.15) is 0 Å². The van der Waals surface area contributed by atoms with Crippen LogP contribution in [0.15, 0.2) is 35.3 Å². The van der Waals surface area contributed by atoms with Crippen molar-refractivity contribution in [3.8, 4) is 0 Å². The number of guanidine groups is 1. The van der Waals surface area contributed by atoms with Gasteiger partial charge in [0.15, 0.2) is 5.96 Å². The van der Waals surface area contributed by atoms with Crippen LogP contribution in [0.1, 0.15) is 25.3 Å². The lowest BCUT2D eigenvalue weighted by molar-refractivity contribution is 0.125. The topological polar surface area (TPSA) is 83.0 Å². The van der Waals surface area contributed by atoms with E-state index in [9.17, 15) is 8.42 Å². The monoisotopic (exact) mass is 382 g/mol. The summed E-state index contributed by atoms with van der Waals surface area (Å²) in [7, 11) is -1.35. The lowest BCUT2D eigenvalue weighted by Gasteiger charge is -2.32. The van der Waals surface area contributed by atoms with Crippen LogP contribution in [0.25, 0.3) is 0 Å². The van der Waals surface area contributed by atoms with Gasteiger partial charge >= 0.3 is 0 Å². The Labute approximate surface area is 156 Å². The standard InChI is InChI=1S/C18H30N4O3S/c1-3-26(23,24)22-12-9-17(10-13-22)21-18(19-2)20-11-14-25-15-16-7-5-4-6-8-16/h4-8,17H,3,9-15H2,1-2H3,(H2,19,20,21). The van der Waals surface area contributed by atoms with E-state index in [1.165, 1.54) is 0 Å². The van der Waals surface area contributed by atoms with Crippen molar-refractivity contribution in [3.05, 3.63) is 35.9 Å². The fourth-order valence-electron chi connectivity index (χ4n) is 2.85. The summed E-state index contributed by atoms with van der Waals surface area (Å²) < 4.78 is 31.0. The molecule has 1 aromatic rings. The zero-order valence-electron chi connectivity index (χ0n) is 15.6. The number of nitrogens with one attached hydrogen (secondary N) is 2. The average molecular weight is 383 g/mol. The number of hydrogen-bond acceptors (Lipinski definition) is 4. The van der Waals surface area contributed by atoms with Gasteiger partial charge in [0.05, 0.1) is 19.0 Å². The average Bonchev–Trinajstić information content (AvgIpc) is 2.68. The van der Waals surface area contributed by atoms with Crippen LogP contribution in [0, 0.1) is 0 Å². The van der Waals surface area contributed by atoms with Crippen molar-refractivity contribution < 1.29 is 13.2 Å². The summed E-state index contributed by atoms with van der Waals surface area (Å²) in [5.41, 5.74) is 1.16. The number of hydrogen-bond donors (Lipinski definition) is 2. The van der Waals surface area contributed by atoms with Crippen LogP contribution in [0.3, 0.4) is 0 Å². The molecule has 0 aromatic heterocycles. The van der Waals surface area contributed by atoms with Gasteiger partial charge < -0.3 is 15.4 Å². The molecule has 26 heavy (non-hydrogen) atoms. The summed E-state index contributed by atoms with van der Waals surface area (Å²) in [5, 5.41) is 6.60. The van der Waals surface area contributed by atoms with Gasteiger partial charge in [-0.1, -0.05) is 30.3 Å². The third-order valence-electron chi connectivity index (χ3n) is 4.43. The van der Waals surface area contributed by atoms with E-state index in [2.05, 4.69) is 15.6 Å². The Kier molecular flexibility index (Phi) is 8.34. The highest BCUT2D eigenvalue weighted by Crippen LogP contribution is 2.14. The summed E-state index contributed by atoms with van der Waals surface area (Å²) >= 11 is 0. The van der Waals surface area contributed by atoms with Crippen LogP contribution in [0.5, 0.6) is 0 Å². The van der Waals surface area contributed by atoms with E-state index in [1.54, 1.807) is 18.3 Å². The van der Waals surface area contributed by atoms with Crippen molar-refractivity contribution in [1.29, 1.82) is 0 Å². The SMILES string of the molecule is CCS(=O)(=O)N1CCC(NC(=NC)NCCOCc2ccccc2)CC1. The minimum atomic E-state index is -3.08. The zero-order chi connectivity index (χ0) is 18.8. The fraction of sp³-hybridized carbons (Fsp3) is 0.611. The zero-order valence-corrected chi connectivity index (χ0v) is 16.5. The molecule has 0 aliphatic carbocycles. The largest absolute Gasteiger partial charge is 0.375 e. The van der Waals surface area contributed by atoms with E-state index >= 15 is 0 Å². The van der Waals surface area contributed by atoms with Crippen molar-refractivity contribution in [2.24, 2.45) is 4.99 Å². The lowest BCUT2D eigenvalue weighted by atomic mass is 10.1. The molecule has 1 fully saturated rings. The van der Waals surface area contributed by atoms with E-state index in [-0.39, 0.29) is 11.8 Å². The molecule has 1 aliphatic rings. The molecule has 2 rings (SSSR count). The molecule has 2 N–H and O–H groups in total. The Morgan fingerprint density at radius 1 is 1.27 bits per heavy atom. The molecule has 1 aliphatic heterocycles. The number of piperidine rings is 1. The molecule has 8 heteroatoms. The Morgan fingerprint density at radius 2 is 1.96 bits per heavy atom. The van der Waals surface area contributed by atoms with Crippen LogP contribution >= 0.6 is 0 Å². The van der Waals surface area contributed by atoms with Crippen LogP contribution in [0.4, 0.5) is 0 Å². The minimum Gasteiger partial charge on any atom is -0.375 e. The first-order chi connectivity index (χ1) is 12.5. The second-order valence-electron chi connectivity index (χ2n) is 6.26. The Hall–Kier alpha value is -1.64. The van der Waals surface area contributed by atoms with Crippen LogP contribution in [-0.4, -0.2) is 63.8 Å². The summed E-state index contributed by atoms with van der Waals surface area (Å²) in [6, 6.07) is 10.3. The van der Waals surface area contributed by atoms with Gasteiger partial charge in [-0.15, -0.1) is 0 Å². The summed E-state index contributed by atoms with van der Waals surface area (Å²) in [6.45, 7) is 4.65.